The van der Waals surface area contributed by atoms with E-state index < -0.39 is 0 Å². The van der Waals surface area contributed by atoms with Gasteiger partial charge < -0.3 is 0 Å². The van der Waals surface area contributed by atoms with Crippen molar-refractivity contribution in [3.05, 3.63) is 143 Å². The van der Waals surface area contributed by atoms with Gasteiger partial charge in [-0.25, -0.2) is 9.97 Å². The van der Waals surface area contributed by atoms with Gasteiger partial charge in [0.05, 0.1) is 11.4 Å². The zero-order valence-corrected chi connectivity index (χ0v) is 29.9. The summed E-state index contributed by atoms with van der Waals surface area (Å²) >= 11 is 0. The van der Waals surface area contributed by atoms with E-state index in [-0.39, 0.29) is 16.2 Å². The van der Waals surface area contributed by atoms with Crippen molar-refractivity contribution in [2.75, 3.05) is 0 Å². The van der Waals surface area contributed by atoms with Gasteiger partial charge in [-0.15, -0.1) is 0 Å². The molecule has 0 saturated heterocycles. The summed E-state index contributed by atoms with van der Waals surface area (Å²) in [6.07, 6.45) is 1.72. The van der Waals surface area contributed by atoms with Crippen LogP contribution < -0.4 is 0 Å². The van der Waals surface area contributed by atoms with Crippen LogP contribution in [0.3, 0.4) is 0 Å². The summed E-state index contributed by atoms with van der Waals surface area (Å²) in [5, 5.41) is 8.09. The summed E-state index contributed by atoms with van der Waals surface area (Å²) in [4.78, 5) is 9.59. The molecular formula is C48H40N2. The van der Waals surface area contributed by atoms with E-state index in [0.29, 0.717) is 0 Å². The molecule has 0 N–H and O–H groups in total. The minimum Gasteiger partial charge on any atom is -0.236 e. The van der Waals surface area contributed by atoms with Crippen LogP contribution >= 0.6 is 0 Å². The van der Waals surface area contributed by atoms with E-state index in [1.54, 1.807) is 6.33 Å². The number of fused-ring (bicyclic) bond motifs is 7. The maximum absolute atomic E-state index is 4.81. The molecule has 0 radical (unpaired) electrons. The maximum Gasteiger partial charge on any atom is 0.116 e. The highest BCUT2D eigenvalue weighted by molar-refractivity contribution is 6.26. The molecule has 0 aliphatic heterocycles. The Bertz CT molecular complexity index is 2720. The minimum atomic E-state index is -0.152. The molecule has 8 aromatic rings. The van der Waals surface area contributed by atoms with E-state index in [9.17, 15) is 0 Å². The number of hydrogen-bond acceptors (Lipinski definition) is 2. The van der Waals surface area contributed by atoms with Crippen molar-refractivity contribution < 1.29 is 0 Å². The minimum absolute atomic E-state index is 0.0547. The van der Waals surface area contributed by atoms with Crippen LogP contribution in [0.5, 0.6) is 0 Å². The first kappa shape index (κ1) is 29.6. The standard InChI is InChI=1S/C48H40N2/c1-46(2,3)32-20-29-12-13-31-24-40-45(36-19-16-30(21-32)43(29)44(31)36)35-18-15-28(23-39(35)48(40,6)7)42-25-41(49-26-50-42)27-14-17-34-33-10-8-9-11-37(33)47(4,5)38(34)22-27/h8-26H,1-7H3. The third-order valence-corrected chi connectivity index (χ3v) is 12.1. The van der Waals surface area contributed by atoms with Gasteiger partial charge in [-0.1, -0.05) is 133 Å². The van der Waals surface area contributed by atoms with Crippen molar-refractivity contribution >= 4 is 32.3 Å². The van der Waals surface area contributed by atoms with Crippen LogP contribution in [0.4, 0.5) is 0 Å². The molecule has 10 rings (SSSR count). The third kappa shape index (κ3) is 3.91. The van der Waals surface area contributed by atoms with Crippen molar-refractivity contribution in [1.82, 2.24) is 9.97 Å². The average Bonchev–Trinajstić information content (AvgIpc) is 3.48. The van der Waals surface area contributed by atoms with Crippen LogP contribution in [0, 0.1) is 0 Å². The lowest BCUT2D eigenvalue weighted by molar-refractivity contribution is 0.591. The Balaban J connectivity index is 1.09. The largest absolute Gasteiger partial charge is 0.236 e. The fourth-order valence-electron chi connectivity index (χ4n) is 9.23. The molecule has 2 aliphatic rings. The molecule has 0 spiro atoms. The molecule has 2 aliphatic carbocycles. The van der Waals surface area contributed by atoms with Gasteiger partial charge in [0.15, 0.2) is 0 Å². The summed E-state index contributed by atoms with van der Waals surface area (Å²) < 4.78 is 0. The molecule has 0 atom stereocenters. The Morgan fingerprint density at radius 3 is 1.72 bits per heavy atom. The molecule has 1 aromatic heterocycles. The maximum atomic E-state index is 4.81. The molecule has 50 heavy (non-hydrogen) atoms. The Labute approximate surface area is 294 Å². The van der Waals surface area contributed by atoms with E-state index in [1.807, 2.05) is 0 Å². The van der Waals surface area contributed by atoms with Crippen molar-refractivity contribution in [3.8, 4) is 44.8 Å². The lowest BCUT2D eigenvalue weighted by Gasteiger charge is -2.24. The smallest absolute Gasteiger partial charge is 0.116 e. The fraction of sp³-hybridized carbons (Fsp3) is 0.208. The van der Waals surface area contributed by atoms with E-state index in [0.717, 1.165) is 22.5 Å². The van der Waals surface area contributed by atoms with Crippen molar-refractivity contribution in [2.45, 2.75) is 64.7 Å². The summed E-state index contributed by atoms with van der Waals surface area (Å²) in [6.45, 7) is 16.3. The van der Waals surface area contributed by atoms with Gasteiger partial charge in [-0.2, -0.15) is 0 Å². The Morgan fingerprint density at radius 2 is 1.04 bits per heavy atom. The second-order valence-electron chi connectivity index (χ2n) is 16.7. The van der Waals surface area contributed by atoms with E-state index >= 15 is 0 Å². The number of nitrogens with zero attached hydrogens (tertiary/aromatic N) is 2. The van der Waals surface area contributed by atoms with Crippen LogP contribution in [-0.2, 0) is 16.2 Å². The monoisotopic (exact) mass is 644 g/mol. The normalized spacial score (nSPS) is 15.4. The molecule has 0 unspecified atom stereocenters. The zero-order valence-electron chi connectivity index (χ0n) is 29.9. The summed E-state index contributed by atoms with van der Waals surface area (Å²) in [5.74, 6) is 0. The van der Waals surface area contributed by atoms with E-state index in [2.05, 4.69) is 158 Å². The number of aromatic nitrogens is 2. The highest BCUT2D eigenvalue weighted by Gasteiger charge is 2.38. The quantitative estimate of drug-likeness (QED) is 0.175. The van der Waals surface area contributed by atoms with Gasteiger partial charge in [0.1, 0.15) is 6.33 Å². The van der Waals surface area contributed by atoms with Crippen molar-refractivity contribution in [1.29, 1.82) is 0 Å². The molecule has 1 heterocycles. The first-order chi connectivity index (χ1) is 23.9. The second kappa shape index (κ2) is 9.67. The second-order valence-corrected chi connectivity index (χ2v) is 16.7. The van der Waals surface area contributed by atoms with Gasteiger partial charge >= 0.3 is 0 Å². The number of benzene rings is 7. The highest BCUT2D eigenvalue weighted by Crippen LogP contribution is 2.55. The van der Waals surface area contributed by atoms with Gasteiger partial charge in [0.2, 0.25) is 0 Å². The predicted octanol–water partition coefficient (Wildman–Crippen LogP) is 12.6. The molecule has 242 valence electrons. The molecular weight excluding hydrogens is 605 g/mol. The van der Waals surface area contributed by atoms with Gasteiger partial charge in [-0.3, -0.25) is 0 Å². The number of rotatable bonds is 2. The summed E-state index contributed by atoms with van der Waals surface area (Å²) in [7, 11) is 0. The topological polar surface area (TPSA) is 25.8 Å². The molecule has 2 nitrogen and oxygen atoms in total. The summed E-state index contributed by atoms with van der Waals surface area (Å²) in [5.41, 5.74) is 16.3. The molecule has 0 saturated carbocycles. The molecule has 2 heteroatoms. The Morgan fingerprint density at radius 1 is 0.480 bits per heavy atom. The van der Waals surface area contributed by atoms with Crippen LogP contribution in [0.2, 0.25) is 0 Å². The lowest BCUT2D eigenvalue weighted by Crippen LogP contribution is -2.15. The molecule has 7 aromatic carbocycles. The number of hydrogen-bond donors (Lipinski definition) is 0. The predicted molar refractivity (Wildman–Crippen MR) is 210 cm³/mol. The molecule has 0 amide bonds. The molecule has 0 bridgehead atoms. The molecule has 0 fully saturated rings. The lowest BCUT2D eigenvalue weighted by atomic mass is 9.79. The van der Waals surface area contributed by atoms with E-state index in [4.69, 9.17) is 9.97 Å². The van der Waals surface area contributed by atoms with Crippen molar-refractivity contribution in [3.63, 3.8) is 0 Å². The fourth-order valence-corrected chi connectivity index (χ4v) is 9.23. The SMILES string of the molecule is CC(C)(C)c1cc2ccc3cc4c(c5ccc(c1)c2c35)-c1ccc(-c2cc(-c3ccc5c(c3)C(C)(C)c3ccccc3-5)ncn2)cc1C4(C)C. The van der Waals surface area contributed by atoms with Crippen LogP contribution in [0.1, 0.15) is 76.3 Å². The first-order valence-electron chi connectivity index (χ1n) is 17.9. The van der Waals surface area contributed by atoms with Crippen molar-refractivity contribution in [2.24, 2.45) is 0 Å². The van der Waals surface area contributed by atoms with Gasteiger partial charge in [0, 0.05) is 22.0 Å². The highest BCUT2D eigenvalue weighted by atomic mass is 14.8. The van der Waals surface area contributed by atoms with Crippen LogP contribution in [-0.4, -0.2) is 9.97 Å². The van der Waals surface area contributed by atoms with E-state index in [1.165, 1.54) is 82.4 Å². The van der Waals surface area contributed by atoms with Crippen LogP contribution in [0.25, 0.3) is 77.1 Å². The summed E-state index contributed by atoms with van der Waals surface area (Å²) in [6, 6.07) is 41.4. The Kier molecular flexibility index (Phi) is 5.72. The average molecular weight is 645 g/mol. The first-order valence-corrected chi connectivity index (χ1v) is 17.9. The van der Waals surface area contributed by atoms with Gasteiger partial charge in [-0.05, 0) is 112 Å². The third-order valence-electron chi connectivity index (χ3n) is 12.1. The zero-order chi connectivity index (χ0) is 34.3. The Hall–Kier alpha value is -5.34. The van der Waals surface area contributed by atoms with Crippen LogP contribution in [0.15, 0.2) is 116 Å². The van der Waals surface area contributed by atoms with Gasteiger partial charge in [0.25, 0.3) is 0 Å².